The number of ether oxygens (including phenoxy) is 1. The lowest BCUT2D eigenvalue weighted by molar-refractivity contribution is 0.413. The average molecular weight is 206 g/mol. The number of methoxy groups -OCH3 is 1. The first-order valence-electron chi connectivity index (χ1n) is 5.64. The summed E-state index contributed by atoms with van der Waals surface area (Å²) in [5.74, 6) is 0.844. The highest BCUT2D eigenvalue weighted by Crippen LogP contribution is 2.22. The summed E-state index contributed by atoms with van der Waals surface area (Å²) in [7, 11) is 1.68. The zero-order valence-corrected chi connectivity index (χ0v) is 9.28. The highest BCUT2D eigenvalue weighted by Gasteiger charge is 2.10. The fourth-order valence-electron chi connectivity index (χ4n) is 2.02. The first-order valence-corrected chi connectivity index (χ1v) is 5.64. The van der Waals surface area contributed by atoms with Crippen molar-refractivity contribution in [1.29, 1.82) is 0 Å². The zero-order valence-electron chi connectivity index (χ0n) is 9.28. The lowest BCUT2D eigenvalue weighted by atomic mass is 10.2. The predicted octanol–water partition coefficient (Wildman–Crippen LogP) is 2.47. The van der Waals surface area contributed by atoms with E-state index in [9.17, 15) is 0 Å². The van der Waals surface area contributed by atoms with Crippen LogP contribution in [0.1, 0.15) is 25.7 Å². The molecule has 0 aromatic carbocycles. The maximum absolute atomic E-state index is 5.19. The van der Waals surface area contributed by atoms with Crippen LogP contribution in [0.4, 0.5) is 5.69 Å². The lowest BCUT2D eigenvalue weighted by Crippen LogP contribution is -2.23. The second-order valence-corrected chi connectivity index (χ2v) is 3.98. The maximum atomic E-state index is 5.19. The molecule has 15 heavy (non-hydrogen) atoms. The van der Waals surface area contributed by atoms with E-state index in [0.29, 0.717) is 0 Å². The van der Waals surface area contributed by atoms with E-state index < -0.39 is 0 Å². The van der Waals surface area contributed by atoms with Gasteiger partial charge in [0.15, 0.2) is 0 Å². The Morgan fingerprint density at radius 1 is 1.13 bits per heavy atom. The van der Waals surface area contributed by atoms with Gasteiger partial charge in [0.1, 0.15) is 5.75 Å². The van der Waals surface area contributed by atoms with Crippen LogP contribution in [0, 0.1) is 0 Å². The van der Waals surface area contributed by atoms with Gasteiger partial charge in [-0.25, -0.2) is 0 Å². The van der Waals surface area contributed by atoms with Gasteiger partial charge in [-0.2, -0.15) is 0 Å². The molecule has 1 aliphatic rings. The van der Waals surface area contributed by atoms with Crippen LogP contribution in [0.25, 0.3) is 0 Å². The van der Waals surface area contributed by atoms with Crippen LogP contribution < -0.4 is 9.64 Å². The standard InChI is InChI=1S/C12H18N2O/c1-15-12-8-11(9-13-10-12)14-6-4-2-3-5-7-14/h8-10H,2-7H2,1H3. The van der Waals surface area contributed by atoms with Gasteiger partial charge < -0.3 is 9.64 Å². The molecule has 3 heteroatoms. The summed E-state index contributed by atoms with van der Waals surface area (Å²) in [6, 6.07) is 2.07. The van der Waals surface area contributed by atoms with Crippen molar-refractivity contribution < 1.29 is 4.74 Å². The molecule has 0 spiro atoms. The maximum Gasteiger partial charge on any atom is 0.139 e. The first kappa shape index (κ1) is 10.3. The van der Waals surface area contributed by atoms with Crippen molar-refractivity contribution in [2.75, 3.05) is 25.1 Å². The Balaban J connectivity index is 2.12. The van der Waals surface area contributed by atoms with Crippen LogP contribution in [0.15, 0.2) is 18.5 Å². The molecular weight excluding hydrogens is 188 g/mol. The Labute approximate surface area is 91.1 Å². The highest BCUT2D eigenvalue weighted by atomic mass is 16.5. The van der Waals surface area contributed by atoms with E-state index in [1.807, 2.05) is 6.20 Å². The van der Waals surface area contributed by atoms with E-state index in [2.05, 4.69) is 16.0 Å². The molecule has 1 fully saturated rings. The van der Waals surface area contributed by atoms with Crippen molar-refractivity contribution in [3.05, 3.63) is 18.5 Å². The molecule has 0 bridgehead atoms. The van der Waals surface area contributed by atoms with E-state index >= 15 is 0 Å². The van der Waals surface area contributed by atoms with Crippen LogP contribution >= 0.6 is 0 Å². The summed E-state index contributed by atoms with van der Waals surface area (Å²) in [5.41, 5.74) is 1.19. The minimum atomic E-state index is 0.844. The molecule has 3 nitrogen and oxygen atoms in total. The Kier molecular flexibility index (Phi) is 3.43. The molecule has 1 aromatic rings. The van der Waals surface area contributed by atoms with Gasteiger partial charge >= 0.3 is 0 Å². The van der Waals surface area contributed by atoms with Gasteiger partial charge in [-0.05, 0) is 12.8 Å². The number of rotatable bonds is 2. The summed E-state index contributed by atoms with van der Waals surface area (Å²) in [5, 5.41) is 0. The smallest absolute Gasteiger partial charge is 0.139 e. The van der Waals surface area contributed by atoms with Gasteiger partial charge in [-0.1, -0.05) is 12.8 Å². The van der Waals surface area contributed by atoms with Gasteiger partial charge in [-0.15, -0.1) is 0 Å². The van der Waals surface area contributed by atoms with E-state index in [0.717, 1.165) is 18.8 Å². The summed E-state index contributed by atoms with van der Waals surface area (Å²) in [6.45, 7) is 2.30. The largest absolute Gasteiger partial charge is 0.495 e. The molecule has 0 unspecified atom stereocenters. The van der Waals surface area contributed by atoms with Gasteiger partial charge in [0.05, 0.1) is 25.2 Å². The molecule has 0 atom stereocenters. The van der Waals surface area contributed by atoms with Crippen molar-refractivity contribution in [1.82, 2.24) is 4.98 Å². The Morgan fingerprint density at radius 2 is 1.87 bits per heavy atom. The number of nitrogens with zero attached hydrogens (tertiary/aromatic N) is 2. The molecule has 0 aliphatic carbocycles. The molecule has 82 valence electrons. The van der Waals surface area contributed by atoms with Gasteiger partial charge in [0.25, 0.3) is 0 Å². The summed E-state index contributed by atoms with van der Waals surface area (Å²) in [4.78, 5) is 6.60. The highest BCUT2D eigenvalue weighted by molar-refractivity contribution is 5.48. The normalized spacial score (nSPS) is 17.3. The number of aromatic nitrogens is 1. The molecule has 1 aliphatic heterocycles. The fraction of sp³-hybridized carbons (Fsp3) is 0.583. The van der Waals surface area contributed by atoms with Crippen LogP contribution in [0.3, 0.4) is 0 Å². The molecule has 2 rings (SSSR count). The molecular formula is C12H18N2O. The average Bonchev–Trinajstić information content (AvgIpc) is 2.58. The lowest BCUT2D eigenvalue weighted by Gasteiger charge is -2.22. The van der Waals surface area contributed by atoms with Crippen LogP contribution in [0.5, 0.6) is 5.75 Å². The molecule has 2 heterocycles. The summed E-state index contributed by atoms with van der Waals surface area (Å²) < 4.78 is 5.19. The van der Waals surface area contributed by atoms with Crippen molar-refractivity contribution >= 4 is 5.69 Å². The fourth-order valence-corrected chi connectivity index (χ4v) is 2.02. The topological polar surface area (TPSA) is 25.4 Å². The SMILES string of the molecule is COc1cncc(N2CCCCCC2)c1. The molecule has 0 N–H and O–H groups in total. The van der Waals surface area contributed by atoms with Crippen LogP contribution in [-0.4, -0.2) is 25.2 Å². The van der Waals surface area contributed by atoms with Crippen molar-refractivity contribution in [2.45, 2.75) is 25.7 Å². The molecule has 1 aromatic heterocycles. The van der Waals surface area contributed by atoms with Crippen molar-refractivity contribution in [3.63, 3.8) is 0 Å². The van der Waals surface area contributed by atoms with E-state index in [1.54, 1.807) is 13.3 Å². The van der Waals surface area contributed by atoms with Gasteiger partial charge in [0.2, 0.25) is 0 Å². The number of hydrogen-bond donors (Lipinski definition) is 0. The summed E-state index contributed by atoms with van der Waals surface area (Å²) in [6.07, 6.45) is 8.96. The van der Waals surface area contributed by atoms with Gasteiger partial charge in [0, 0.05) is 19.2 Å². The molecule has 0 radical (unpaired) electrons. The second kappa shape index (κ2) is 5.01. The second-order valence-electron chi connectivity index (χ2n) is 3.98. The van der Waals surface area contributed by atoms with Crippen molar-refractivity contribution in [2.24, 2.45) is 0 Å². The quantitative estimate of drug-likeness (QED) is 0.743. The Bertz CT molecular complexity index is 306. The monoisotopic (exact) mass is 206 g/mol. The molecule has 0 saturated carbocycles. The minimum Gasteiger partial charge on any atom is -0.495 e. The van der Waals surface area contributed by atoms with Crippen molar-refractivity contribution in [3.8, 4) is 5.75 Å². The molecule has 1 saturated heterocycles. The van der Waals surface area contributed by atoms with Crippen LogP contribution in [-0.2, 0) is 0 Å². The molecule has 0 amide bonds. The summed E-state index contributed by atoms with van der Waals surface area (Å²) >= 11 is 0. The van der Waals surface area contributed by atoms with Gasteiger partial charge in [-0.3, -0.25) is 4.98 Å². The third-order valence-corrected chi connectivity index (χ3v) is 2.91. The minimum absolute atomic E-state index is 0.844. The van der Waals surface area contributed by atoms with E-state index in [1.165, 1.54) is 31.4 Å². The number of pyridine rings is 1. The Hall–Kier alpha value is -1.25. The number of hydrogen-bond acceptors (Lipinski definition) is 3. The number of anilines is 1. The van der Waals surface area contributed by atoms with E-state index in [4.69, 9.17) is 4.74 Å². The predicted molar refractivity (Wildman–Crippen MR) is 61.5 cm³/mol. The third-order valence-electron chi connectivity index (χ3n) is 2.91. The first-order chi connectivity index (χ1) is 7.40. The Morgan fingerprint density at radius 3 is 2.53 bits per heavy atom. The van der Waals surface area contributed by atoms with E-state index in [-0.39, 0.29) is 0 Å². The van der Waals surface area contributed by atoms with Crippen LogP contribution in [0.2, 0.25) is 0 Å². The zero-order chi connectivity index (χ0) is 10.5. The third kappa shape index (κ3) is 2.61.